The Morgan fingerprint density at radius 2 is 2.06 bits per heavy atom. The minimum Gasteiger partial charge on any atom is -0.321 e. The second-order valence-electron chi connectivity index (χ2n) is 5.02. The number of nitrogens with zero attached hydrogens (tertiary/aromatic N) is 2. The smallest absolute Gasteiger partial charge is 0.145 e. The third-order valence-electron chi connectivity index (χ3n) is 3.14. The molecule has 0 amide bonds. The predicted molar refractivity (Wildman–Crippen MR) is 65.3 cm³/mol. The van der Waals surface area contributed by atoms with Crippen molar-refractivity contribution in [2.45, 2.75) is 57.9 Å². The van der Waals surface area contributed by atoms with Gasteiger partial charge < -0.3 is 5.73 Å². The van der Waals surface area contributed by atoms with Gasteiger partial charge in [-0.1, -0.05) is 20.8 Å². The lowest BCUT2D eigenvalue weighted by Crippen LogP contribution is -2.15. The van der Waals surface area contributed by atoms with Gasteiger partial charge in [-0.25, -0.2) is 9.97 Å². The van der Waals surface area contributed by atoms with Crippen molar-refractivity contribution in [3.05, 3.63) is 23.3 Å². The van der Waals surface area contributed by atoms with Crippen LogP contribution in [-0.2, 0) is 0 Å². The number of hydrogen-bond donors (Lipinski definition) is 1. The standard InChI is InChI=1S/C13H21N3/c1-4-10(14)13-15-11(8(2)3)7-12(16-13)9-5-6-9/h7-10H,4-6,14H2,1-3H3. The molecule has 0 radical (unpaired) electrons. The van der Waals surface area contributed by atoms with Crippen molar-refractivity contribution in [3.8, 4) is 0 Å². The first-order valence-electron chi connectivity index (χ1n) is 6.26. The SMILES string of the molecule is CCC(N)c1nc(C(C)C)cc(C2CC2)n1. The molecule has 0 spiro atoms. The normalized spacial score (nSPS) is 17.8. The molecule has 1 atom stereocenters. The van der Waals surface area contributed by atoms with E-state index in [2.05, 4.69) is 36.8 Å². The molecule has 1 unspecified atom stereocenters. The molecule has 1 heterocycles. The quantitative estimate of drug-likeness (QED) is 0.847. The van der Waals surface area contributed by atoms with E-state index >= 15 is 0 Å². The van der Waals surface area contributed by atoms with Gasteiger partial charge in [0.2, 0.25) is 0 Å². The van der Waals surface area contributed by atoms with Crippen molar-refractivity contribution < 1.29 is 0 Å². The Morgan fingerprint density at radius 1 is 1.38 bits per heavy atom. The fourth-order valence-electron chi connectivity index (χ4n) is 1.74. The Hall–Kier alpha value is -0.960. The highest BCUT2D eigenvalue weighted by atomic mass is 14.9. The Kier molecular flexibility index (Phi) is 3.24. The van der Waals surface area contributed by atoms with E-state index in [9.17, 15) is 0 Å². The van der Waals surface area contributed by atoms with Crippen LogP contribution < -0.4 is 5.73 Å². The third kappa shape index (κ3) is 2.40. The van der Waals surface area contributed by atoms with Crippen LogP contribution in [0, 0.1) is 0 Å². The van der Waals surface area contributed by atoms with Crippen LogP contribution in [0.1, 0.15) is 75.1 Å². The summed E-state index contributed by atoms with van der Waals surface area (Å²) in [7, 11) is 0. The van der Waals surface area contributed by atoms with Gasteiger partial charge in [0.05, 0.1) is 6.04 Å². The summed E-state index contributed by atoms with van der Waals surface area (Å²) in [4.78, 5) is 9.19. The van der Waals surface area contributed by atoms with Crippen LogP contribution in [-0.4, -0.2) is 9.97 Å². The summed E-state index contributed by atoms with van der Waals surface area (Å²) in [6.07, 6.45) is 3.44. The molecule has 0 bridgehead atoms. The number of aromatic nitrogens is 2. The third-order valence-corrected chi connectivity index (χ3v) is 3.14. The van der Waals surface area contributed by atoms with Gasteiger partial charge in [0.1, 0.15) is 5.82 Å². The molecular weight excluding hydrogens is 198 g/mol. The van der Waals surface area contributed by atoms with Crippen LogP contribution in [0.3, 0.4) is 0 Å². The first-order chi connectivity index (χ1) is 7.61. The van der Waals surface area contributed by atoms with Gasteiger partial charge in [-0.2, -0.15) is 0 Å². The largest absolute Gasteiger partial charge is 0.321 e. The Balaban J connectivity index is 2.36. The van der Waals surface area contributed by atoms with E-state index in [1.54, 1.807) is 0 Å². The van der Waals surface area contributed by atoms with Crippen LogP contribution in [0.5, 0.6) is 0 Å². The van der Waals surface area contributed by atoms with Gasteiger partial charge in [-0.3, -0.25) is 0 Å². The summed E-state index contributed by atoms with van der Waals surface area (Å²) in [6, 6.07) is 2.14. The van der Waals surface area contributed by atoms with Gasteiger partial charge in [0.15, 0.2) is 0 Å². The number of hydrogen-bond acceptors (Lipinski definition) is 3. The van der Waals surface area contributed by atoms with E-state index < -0.39 is 0 Å². The number of nitrogens with two attached hydrogens (primary N) is 1. The van der Waals surface area contributed by atoms with E-state index in [0.29, 0.717) is 11.8 Å². The van der Waals surface area contributed by atoms with Gasteiger partial charge in [0.25, 0.3) is 0 Å². The van der Waals surface area contributed by atoms with Crippen LogP contribution in [0.2, 0.25) is 0 Å². The minimum atomic E-state index is -0.0174. The molecule has 1 aromatic rings. The average molecular weight is 219 g/mol. The molecule has 88 valence electrons. The van der Waals surface area contributed by atoms with Gasteiger partial charge in [0, 0.05) is 17.3 Å². The lowest BCUT2D eigenvalue weighted by atomic mass is 10.1. The minimum absolute atomic E-state index is 0.0174. The summed E-state index contributed by atoms with van der Waals surface area (Å²) in [6.45, 7) is 6.41. The maximum Gasteiger partial charge on any atom is 0.145 e. The highest BCUT2D eigenvalue weighted by molar-refractivity contribution is 5.21. The highest BCUT2D eigenvalue weighted by Gasteiger charge is 2.27. The molecule has 1 aliphatic rings. The molecule has 16 heavy (non-hydrogen) atoms. The van der Waals surface area contributed by atoms with E-state index in [0.717, 1.165) is 17.9 Å². The predicted octanol–water partition coefficient (Wildman–Crippen LogP) is 2.89. The zero-order valence-corrected chi connectivity index (χ0v) is 10.4. The van der Waals surface area contributed by atoms with Crippen molar-refractivity contribution in [2.75, 3.05) is 0 Å². The molecule has 3 nitrogen and oxygen atoms in total. The molecule has 1 fully saturated rings. The first kappa shape index (κ1) is 11.5. The number of rotatable bonds is 4. The Labute approximate surface area is 97.5 Å². The molecule has 1 aromatic heterocycles. The summed E-state index contributed by atoms with van der Waals surface area (Å²) in [5.41, 5.74) is 8.37. The average Bonchev–Trinajstić information content (AvgIpc) is 3.11. The summed E-state index contributed by atoms with van der Waals surface area (Å²) >= 11 is 0. The molecule has 1 aliphatic carbocycles. The van der Waals surface area contributed by atoms with Crippen molar-refractivity contribution >= 4 is 0 Å². The summed E-state index contributed by atoms with van der Waals surface area (Å²) in [5.74, 6) is 1.95. The topological polar surface area (TPSA) is 51.8 Å². The van der Waals surface area contributed by atoms with Crippen LogP contribution in [0.15, 0.2) is 6.07 Å². The zero-order valence-electron chi connectivity index (χ0n) is 10.4. The van der Waals surface area contributed by atoms with Crippen LogP contribution in [0.25, 0.3) is 0 Å². The van der Waals surface area contributed by atoms with Crippen LogP contribution in [0.4, 0.5) is 0 Å². The fourth-order valence-corrected chi connectivity index (χ4v) is 1.74. The molecule has 3 heteroatoms. The second-order valence-corrected chi connectivity index (χ2v) is 5.02. The zero-order chi connectivity index (χ0) is 11.7. The highest BCUT2D eigenvalue weighted by Crippen LogP contribution is 2.39. The molecular formula is C13H21N3. The monoisotopic (exact) mass is 219 g/mol. The molecule has 0 aromatic carbocycles. The van der Waals surface area contributed by atoms with Crippen molar-refractivity contribution in [1.29, 1.82) is 0 Å². The first-order valence-corrected chi connectivity index (χ1v) is 6.26. The van der Waals surface area contributed by atoms with E-state index in [4.69, 9.17) is 5.73 Å². The summed E-state index contributed by atoms with van der Waals surface area (Å²) < 4.78 is 0. The van der Waals surface area contributed by atoms with E-state index in [1.165, 1.54) is 18.5 Å². The fraction of sp³-hybridized carbons (Fsp3) is 0.692. The van der Waals surface area contributed by atoms with Crippen LogP contribution >= 0.6 is 0 Å². The van der Waals surface area contributed by atoms with Crippen molar-refractivity contribution in [3.63, 3.8) is 0 Å². The molecule has 0 aliphatic heterocycles. The van der Waals surface area contributed by atoms with E-state index in [1.807, 2.05) is 0 Å². The second kappa shape index (κ2) is 4.50. The van der Waals surface area contributed by atoms with E-state index in [-0.39, 0.29) is 6.04 Å². The van der Waals surface area contributed by atoms with Gasteiger partial charge in [-0.15, -0.1) is 0 Å². The summed E-state index contributed by atoms with van der Waals surface area (Å²) in [5, 5.41) is 0. The lowest BCUT2D eigenvalue weighted by molar-refractivity contribution is 0.629. The Bertz CT molecular complexity index is 349. The van der Waals surface area contributed by atoms with Gasteiger partial charge in [-0.05, 0) is 31.2 Å². The maximum atomic E-state index is 6.03. The lowest BCUT2D eigenvalue weighted by Gasteiger charge is -2.13. The maximum absolute atomic E-state index is 6.03. The van der Waals surface area contributed by atoms with Gasteiger partial charge >= 0.3 is 0 Å². The molecule has 2 N–H and O–H groups in total. The molecule has 2 rings (SSSR count). The van der Waals surface area contributed by atoms with Crippen molar-refractivity contribution in [1.82, 2.24) is 9.97 Å². The molecule has 0 saturated heterocycles. The molecule has 1 saturated carbocycles. The Morgan fingerprint density at radius 3 is 2.56 bits per heavy atom. The van der Waals surface area contributed by atoms with Crippen molar-refractivity contribution in [2.24, 2.45) is 5.73 Å².